The Hall–Kier alpha value is -0.300. The molecule has 1 N–H and O–H groups in total. The summed E-state index contributed by atoms with van der Waals surface area (Å²) in [7, 11) is 0. The molecule has 0 aromatic carbocycles. The highest BCUT2D eigenvalue weighted by Gasteiger charge is 2.55. The molecule has 1 nitrogen and oxygen atoms in total. The standard InChI is InChI=1S/C29H50O/c1-7-21(19(2)3)9-8-20(4)25-12-13-26-24-11-10-22-18-23(30)14-16-28(22,5)27(24)15-17-29(25,26)6/h19-23,25,27,30H,7-18H2,1-6H3/t20-,21+,22+,23+,25-,27+,28+,29-/m1/s1. The fraction of sp³-hybridized carbons (Fsp3) is 0.931. The molecule has 0 aliphatic heterocycles. The van der Waals surface area contributed by atoms with Gasteiger partial charge in [0.1, 0.15) is 0 Å². The van der Waals surface area contributed by atoms with Gasteiger partial charge in [-0.25, -0.2) is 0 Å². The van der Waals surface area contributed by atoms with Crippen LogP contribution in [-0.4, -0.2) is 11.2 Å². The summed E-state index contributed by atoms with van der Waals surface area (Å²) in [5.74, 6) is 5.11. The third kappa shape index (κ3) is 3.74. The Morgan fingerprint density at radius 1 is 0.967 bits per heavy atom. The van der Waals surface area contributed by atoms with E-state index in [9.17, 15) is 5.11 Å². The van der Waals surface area contributed by atoms with Crippen molar-refractivity contribution in [3.8, 4) is 0 Å². The van der Waals surface area contributed by atoms with Gasteiger partial charge in [0.25, 0.3) is 0 Å². The van der Waals surface area contributed by atoms with E-state index in [1.165, 1.54) is 64.2 Å². The highest BCUT2D eigenvalue weighted by Crippen LogP contribution is 2.65. The smallest absolute Gasteiger partial charge is 0.0543 e. The monoisotopic (exact) mass is 414 g/mol. The molecule has 0 radical (unpaired) electrons. The van der Waals surface area contributed by atoms with Crippen molar-refractivity contribution >= 4 is 0 Å². The van der Waals surface area contributed by atoms with Crippen LogP contribution >= 0.6 is 0 Å². The molecule has 8 atom stereocenters. The Labute approximate surface area is 187 Å². The minimum Gasteiger partial charge on any atom is -0.393 e. The predicted octanol–water partition coefficient (Wildman–Crippen LogP) is 8.17. The Bertz CT molecular complexity index is 647. The second kappa shape index (κ2) is 8.57. The van der Waals surface area contributed by atoms with Gasteiger partial charge < -0.3 is 5.11 Å². The van der Waals surface area contributed by atoms with Crippen molar-refractivity contribution in [2.75, 3.05) is 0 Å². The van der Waals surface area contributed by atoms with E-state index in [-0.39, 0.29) is 6.10 Å². The summed E-state index contributed by atoms with van der Waals surface area (Å²) in [5, 5.41) is 10.3. The number of allylic oxidation sites excluding steroid dienone is 2. The van der Waals surface area contributed by atoms with E-state index in [0.29, 0.717) is 10.8 Å². The van der Waals surface area contributed by atoms with Crippen molar-refractivity contribution in [3.63, 3.8) is 0 Å². The lowest BCUT2D eigenvalue weighted by atomic mass is 9.49. The molecule has 0 aromatic rings. The number of aliphatic hydroxyl groups is 1. The second-order valence-electron chi connectivity index (χ2n) is 12.8. The zero-order chi connectivity index (χ0) is 21.7. The van der Waals surface area contributed by atoms with E-state index in [2.05, 4.69) is 41.5 Å². The maximum absolute atomic E-state index is 10.3. The Balaban J connectivity index is 1.52. The number of hydrogen-bond donors (Lipinski definition) is 1. The van der Waals surface area contributed by atoms with Gasteiger partial charge >= 0.3 is 0 Å². The van der Waals surface area contributed by atoms with Crippen LogP contribution in [0.1, 0.15) is 119 Å². The lowest BCUT2D eigenvalue weighted by Gasteiger charge is -2.56. The van der Waals surface area contributed by atoms with E-state index in [1.807, 2.05) is 11.1 Å². The molecule has 0 amide bonds. The minimum absolute atomic E-state index is 0.0272. The molecular weight excluding hydrogens is 364 g/mol. The van der Waals surface area contributed by atoms with Crippen molar-refractivity contribution in [2.24, 2.45) is 46.3 Å². The lowest BCUT2D eigenvalue weighted by Crippen LogP contribution is -2.48. The van der Waals surface area contributed by atoms with Crippen LogP contribution in [0.15, 0.2) is 11.1 Å². The quantitative estimate of drug-likeness (QED) is 0.434. The zero-order valence-corrected chi connectivity index (χ0v) is 21.0. The summed E-state index contributed by atoms with van der Waals surface area (Å²) in [6, 6.07) is 0. The van der Waals surface area contributed by atoms with Gasteiger partial charge in [-0.1, -0.05) is 65.5 Å². The summed E-state index contributed by atoms with van der Waals surface area (Å²) in [6.07, 6.45) is 15.9. The van der Waals surface area contributed by atoms with Crippen molar-refractivity contribution in [3.05, 3.63) is 11.1 Å². The van der Waals surface area contributed by atoms with Crippen molar-refractivity contribution < 1.29 is 5.11 Å². The molecule has 0 unspecified atom stereocenters. The van der Waals surface area contributed by atoms with Crippen LogP contribution < -0.4 is 0 Å². The Morgan fingerprint density at radius 3 is 2.43 bits per heavy atom. The van der Waals surface area contributed by atoms with Crippen LogP contribution in [0.25, 0.3) is 0 Å². The van der Waals surface area contributed by atoms with E-state index in [0.717, 1.165) is 48.3 Å². The van der Waals surface area contributed by atoms with Crippen LogP contribution in [0.4, 0.5) is 0 Å². The molecule has 0 spiro atoms. The number of rotatable bonds is 6. The van der Waals surface area contributed by atoms with Gasteiger partial charge in [0, 0.05) is 0 Å². The molecule has 0 bridgehead atoms. The van der Waals surface area contributed by atoms with Crippen molar-refractivity contribution in [1.82, 2.24) is 0 Å². The first-order valence-corrected chi connectivity index (χ1v) is 13.6. The highest BCUT2D eigenvalue weighted by molar-refractivity contribution is 5.34. The van der Waals surface area contributed by atoms with Crippen LogP contribution in [-0.2, 0) is 0 Å². The third-order valence-electron chi connectivity index (χ3n) is 11.2. The van der Waals surface area contributed by atoms with Crippen molar-refractivity contribution in [2.45, 2.75) is 125 Å². The van der Waals surface area contributed by atoms with Gasteiger partial charge in [0.15, 0.2) is 0 Å². The van der Waals surface area contributed by atoms with Gasteiger partial charge in [0.05, 0.1) is 6.10 Å². The van der Waals surface area contributed by atoms with Gasteiger partial charge in [-0.15, -0.1) is 0 Å². The molecule has 0 aromatic heterocycles. The maximum Gasteiger partial charge on any atom is 0.0543 e. The first kappa shape index (κ1) is 22.9. The predicted molar refractivity (Wildman–Crippen MR) is 128 cm³/mol. The summed E-state index contributed by atoms with van der Waals surface area (Å²) < 4.78 is 0. The molecule has 0 saturated heterocycles. The fourth-order valence-corrected chi connectivity index (χ4v) is 9.11. The molecule has 3 saturated carbocycles. The summed E-state index contributed by atoms with van der Waals surface area (Å²) in [6.45, 7) is 15.1. The first-order valence-electron chi connectivity index (χ1n) is 13.6. The van der Waals surface area contributed by atoms with Crippen LogP contribution in [0, 0.1) is 46.3 Å². The molecule has 4 aliphatic rings. The van der Waals surface area contributed by atoms with Crippen LogP contribution in [0.2, 0.25) is 0 Å². The normalized spacial score (nSPS) is 43.2. The topological polar surface area (TPSA) is 20.2 Å². The maximum atomic E-state index is 10.3. The fourth-order valence-electron chi connectivity index (χ4n) is 9.11. The average molecular weight is 415 g/mol. The van der Waals surface area contributed by atoms with E-state index in [4.69, 9.17) is 0 Å². The molecule has 4 aliphatic carbocycles. The zero-order valence-electron chi connectivity index (χ0n) is 21.0. The molecule has 4 rings (SSSR count). The van der Waals surface area contributed by atoms with Gasteiger partial charge in [-0.3, -0.25) is 0 Å². The van der Waals surface area contributed by atoms with E-state index >= 15 is 0 Å². The molecule has 0 heterocycles. The SMILES string of the molecule is CC[C@@H](CC[C@@H](C)[C@H]1CCC2=C3CC[C@H]4C[C@@H](O)CC[C@]4(C)[C@H]3CC[C@@]21C)C(C)C. The third-order valence-corrected chi connectivity index (χ3v) is 11.2. The van der Waals surface area contributed by atoms with Crippen LogP contribution in [0.5, 0.6) is 0 Å². The van der Waals surface area contributed by atoms with Gasteiger partial charge in [-0.2, -0.15) is 0 Å². The Kier molecular flexibility index (Phi) is 6.53. The first-order chi connectivity index (χ1) is 14.2. The largest absolute Gasteiger partial charge is 0.393 e. The number of hydrogen-bond acceptors (Lipinski definition) is 1. The van der Waals surface area contributed by atoms with Crippen LogP contribution in [0.3, 0.4) is 0 Å². The van der Waals surface area contributed by atoms with E-state index in [1.54, 1.807) is 0 Å². The lowest BCUT2D eigenvalue weighted by molar-refractivity contribution is -0.0381. The van der Waals surface area contributed by atoms with E-state index < -0.39 is 0 Å². The summed E-state index contributed by atoms with van der Waals surface area (Å²) in [5.41, 5.74) is 4.80. The minimum atomic E-state index is -0.0272. The molecular formula is C29H50O. The van der Waals surface area contributed by atoms with Crippen molar-refractivity contribution in [1.29, 1.82) is 0 Å². The molecule has 1 heteroatoms. The summed E-state index contributed by atoms with van der Waals surface area (Å²) in [4.78, 5) is 0. The summed E-state index contributed by atoms with van der Waals surface area (Å²) >= 11 is 0. The molecule has 172 valence electrons. The second-order valence-corrected chi connectivity index (χ2v) is 12.8. The number of aliphatic hydroxyl groups excluding tert-OH is 1. The Morgan fingerprint density at radius 2 is 1.73 bits per heavy atom. The average Bonchev–Trinajstić information content (AvgIpc) is 3.06. The highest BCUT2D eigenvalue weighted by atomic mass is 16.3. The van der Waals surface area contributed by atoms with Gasteiger partial charge in [0.2, 0.25) is 0 Å². The van der Waals surface area contributed by atoms with Gasteiger partial charge in [-0.05, 0) is 111 Å². The molecule has 3 fully saturated rings. The molecule has 30 heavy (non-hydrogen) atoms. The number of fused-ring (bicyclic) bond motifs is 4.